The highest BCUT2D eigenvalue weighted by molar-refractivity contribution is 5.95. The van der Waals surface area contributed by atoms with Gasteiger partial charge in [0.1, 0.15) is 6.33 Å². The van der Waals surface area contributed by atoms with E-state index in [1.165, 1.54) is 5.56 Å². The summed E-state index contributed by atoms with van der Waals surface area (Å²) >= 11 is 0. The Bertz CT molecular complexity index is 1210. The molecule has 5 rings (SSSR count). The first-order valence-electron chi connectivity index (χ1n) is 7.86. The van der Waals surface area contributed by atoms with Gasteiger partial charge >= 0.3 is 0 Å². The van der Waals surface area contributed by atoms with E-state index < -0.39 is 0 Å². The third-order valence-electron chi connectivity index (χ3n) is 4.35. The maximum Gasteiger partial charge on any atom is 0.116 e. The van der Waals surface area contributed by atoms with Crippen molar-refractivity contribution in [3.63, 3.8) is 0 Å². The van der Waals surface area contributed by atoms with Gasteiger partial charge in [0.05, 0.1) is 16.6 Å². The van der Waals surface area contributed by atoms with Crippen molar-refractivity contribution in [2.45, 2.75) is 0 Å². The SMILES string of the molecule is c1ccc2nc3ccc(-c4ccc5ncncc5c4)cc3cc2c1. The number of nitrogens with zero attached hydrogens (tertiary/aromatic N) is 3. The zero-order valence-electron chi connectivity index (χ0n) is 12.8. The minimum Gasteiger partial charge on any atom is -0.248 e. The monoisotopic (exact) mass is 307 g/mol. The summed E-state index contributed by atoms with van der Waals surface area (Å²) in [7, 11) is 0. The predicted molar refractivity (Wildman–Crippen MR) is 97.8 cm³/mol. The summed E-state index contributed by atoms with van der Waals surface area (Å²) in [5.74, 6) is 0. The molecule has 0 aliphatic heterocycles. The molecule has 0 aliphatic rings. The molecule has 0 fully saturated rings. The van der Waals surface area contributed by atoms with Gasteiger partial charge in [-0.2, -0.15) is 0 Å². The molecule has 2 aromatic heterocycles. The van der Waals surface area contributed by atoms with Crippen molar-refractivity contribution in [3.8, 4) is 11.1 Å². The molecule has 0 atom stereocenters. The van der Waals surface area contributed by atoms with Crippen molar-refractivity contribution in [1.29, 1.82) is 0 Å². The van der Waals surface area contributed by atoms with E-state index in [-0.39, 0.29) is 0 Å². The standard InChI is InChI=1S/C21H13N3/c1-2-4-20-16(3-1)11-17-9-14(6-8-21(17)24-20)15-5-7-19-18(10-15)12-22-13-23-19/h1-13H. The maximum atomic E-state index is 4.74. The molecule has 0 spiro atoms. The van der Waals surface area contributed by atoms with Gasteiger partial charge in [-0.3, -0.25) is 0 Å². The molecule has 0 aliphatic carbocycles. The highest BCUT2D eigenvalue weighted by Gasteiger charge is 2.04. The lowest BCUT2D eigenvalue weighted by atomic mass is 10.0. The third kappa shape index (κ3) is 2.10. The Morgan fingerprint density at radius 1 is 0.583 bits per heavy atom. The Morgan fingerprint density at radius 2 is 1.33 bits per heavy atom. The zero-order valence-corrected chi connectivity index (χ0v) is 12.8. The molecule has 3 heteroatoms. The molecule has 0 saturated heterocycles. The highest BCUT2D eigenvalue weighted by atomic mass is 14.8. The van der Waals surface area contributed by atoms with Gasteiger partial charge in [-0.15, -0.1) is 0 Å². The molecule has 0 bridgehead atoms. The minimum atomic E-state index is 0.960. The molecule has 3 aromatic carbocycles. The summed E-state index contributed by atoms with van der Waals surface area (Å²) in [4.78, 5) is 13.1. The summed E-state index contributed by atoms with van der Waals surface area (Å²) < 4.78 is 0. The molecule has 2 heterocycles. The van der Waals surface area contributed by atoms with Gasteiger partial charge in [0.15, 0.2) is 0 Å². The maximum absolute atomic E-state index is 4.74. The smallest absolute Gasteiger partial charge is 0.116 e. The Kier molecular flexibility index (Phi) is 2.79. The molecule has 3 nitrogen and oxygen atoms in total. The fourth-order valence-electron chi connectivity index (χ4n) is 3.12. The first-order chi connectivity index (χ1) is 11.9. The second kappa shape index (κ2) is 5.10. The number of hydrogen-bond donors (Lipinski definition) is 0. The molecular weight excluding hydrogens is 294 g/mol. The molecule has 0 N–H and O–H groups in total. The lowest BCUT2D eigenvalue weighted by Gasteiger charge is -2.06. The van der Waals surface area contributed by atoms with E-state index in [2.05, 4.69) is 52.4 Å². The second-order valence-corrected chi connectivity index (χ2v) is 5.88. The number of rotatable bonds is 1. The number of aromatic nitrogens is 3. The van der Waals surface area contributed by atoms with Gasteiger partial charge in [0.25, 0.3) is 0 Å². The average molecular weight is 307 g/mol. The summed E-state index contributed by atoms with van der Waals surface area (Å²) in [6.07, 6.45) is 3.43. The normalized spacial score (nSPS) is 11.3. The van der Waals surface area contributed by atoms with Gasteiger partial charge in [-0.1, -0.05) is 30.3 Å². The fourth-order valence-corrected chi connectivity index (χ4v) is 3.12. The lowest BCUT2D eigenvalue weighted by molar-refractivity contribution is 1.22. The number of fused-ring (bicyclic) bond motifs is 3. The van der Waals surface area contributed by atoms with E-state index in [1.807, 2.05) is 30.5 Å². The molecule has 0 amide bonds. The van der Waals surface area contributed by atoms with Gasteiger partial charge in [-0.05, 0) is 47.5 Å². The molecule has 112 valence electrons. The topological polar surface area (TPSA) is 38.7 Å². The minimum absolute atomic E-state index is 0.960. The van der Waals surface area contributed by atoms with Crippen molar-refractivity contribution in [2.75, 3.05) is 0 Å². The quantitative estimate of drug-likeness (QED) is 0.409. The average Bonchev–Trinajstić information content (AvgIpc) is 2.65. The molecule has 5 aromatic rings. The lowest BCUT2D eigenvalue weighted by Crippen LogP contribution is -1.85. The van der Waals surface area contributed by atoms with Crippen LogP contribution in [0.3, 0.4) is 0 Å². The number of hydrogen-bond acceptors (Lipinski definition) is 3. The van der Waals surface area contributed by atoms with Crippen LogP contribution in [0.4, 0.5) is 0 Å². The van der Waals surface area contributed by atoms with Crippen LogP contribution in [-0.2, 0) is 0 Å². The Hall–Kier alpha value is -3.33. The highest BCUT2D eigenvalue weighted by Crippen LogP contribution is 2.27. The third-order valence-corrected chi connectivity index (χ3v) is 4.35. The van der Waals surface area contributed by atoms with E-state index in [4.69, 9.17) is 4.98 Å². The molecular formula is C21H13N3. The Labute approximate surface area is 138 Å². The van der Waals surface area contributed by atoms with E-state index in [0.29, 0.717) is 0 Å². The van der Waals surface area contributed by atoms with Crippen LogP contribution in [0.1, 0.15) is 0 Å². The van der Waals surface area contributed by atoms with Crippen LogP contribution in [-0.4, -0.2) is 15.0 Å². The second-order valence-electron chi connectivity index (χ2n) is 5.88. The first kappa shape index (κ1) is 13.1. The van der Waals surface area contributed by atoms with Crippen LogP contribution in [0.2, 0.25) is 0 Å². The van der Waals surface area contributed by atoms with Gasteiger partial charge in [0.2, 0.25) is 0 Å². The van der Waals surface area contributed by atoms with Gasteiger partial charge in [0, 0.05) is 22.4 Å². The first-order valence-corrected chi connectivity index (χ1v) is 7.86. The number of para-hydroxylation sites is 1. The molecule has 0 radical (unpaired) electrons. The molecule has 0 saturated carbocycles. The molecule has 24 heavy (non-hydrogen) atoms. The van der Waals surface area contributed by atoms with Crippen LogP contribution in [0.15, 0.2) is 79.3 Å². The summed E-state index contributed by atoms with van der Waals surface area (Å²) in [6.45, 7) is 0. The zero-order chi connectivity index (χ0) is 15.9. The van der Waals surface area contributed by atoms with Gasteiger partial charge < -0.3 is 0 Å². The van der Waals surface area contributed by atoms with Crippen molar-refractivity contribution < 1.29 is 0 Å². The summed E-state index contributed by atoms with van der Waals surface area (Å²) in [5, 5.41) is 3.36. The van der Waals surface area contributed by atoms with Crippen LogP contribution in [0.5, 0.6) is 0 Å². The van der Waals surface area contributed by atoms with Crippen LogP contribution >= 0.6 is 0 Å². The summed E-state index contributed by atoms with van der Waals surface area (Å²) in [5.41, 5.74) is 5.34. The van der Waals surface area contributed by atoms with Crippen LogP contribution in [0.25, 0.3) is 43.8 Å². The Balaban J connectivity index is 1.71. The molecule has 0 unspecified atom stereocenters. The van der Waals surface area contributed by atoms with E-state index >= 15 is 0 Å². The fraction of sp³-hybridized carbons (Fsp3) is 0. The van der Waals surface area contributed by atoms with Gasteiger partial charge in [-0.25, -0.2) is 15.0 Å². The largest absolute Gasteiger partial charge is 0.248 e. The van der Waals surface area contributed by atoms with Crippen molar-refractivity contribution in [3.05, 3.63) is 79.3 Å². The Morgan fingerprint density at radius 3 is 2.25 bits per heavy atom. The summed E-state index contributed by atoms with van der Waals surface area (Å²) in [6, 6.07) is 23.1. The number of benzene rings is 3. The van der Waals surface area contributed by atoms with Crippen LogP contribution < -0.4 is 0 Å². The van der Waals surface area contributed by atoms with Crippen molar-refractivity contribution >= 4 is 32.7 Å². The van der Waals surface area contributed by atoms with E-state index in [9.17, 15) is 0 Å². The number of pyridine rings is 1. The van der Waals surface area contributed by atoms with Crippen molar-refractivity contribution in [1.82, 2.24) is 15.0 Å². The van der Waals surface area contributed by atoms with Crippen molar-refractivity contribution in [2.24, 2.45) is 0 Å². The van der Waals surface area contributed by atoms with Crippen LogP contribution in [0, 0.1) is 0 Å². The predicted octanol–water partition coefficient (Wildman–Crippen LogP) is 5.00. The van der Waals surface area contributed by atoms with E-state index in [1.54, 1.807) is 6.33 Å². The van der Waals surface area contributed by atoms with E-state index in [0.717, 1.165) is 38.3 Å².